The lowest BCUT2D eigenvalue weighted by Crippen LogP contribution is -2.39. The minimum atomic E-state index is -3.58. The maximum atomic E-state index is 13.3. The van der Waals surface area contributed by atoms with E-state index in [2.05, 4.69) is 36.1 Å². The number of rotatable bonds is 6. The van der Waals surface area contributed by atoms with Gasteiger partial charge in [0.1, 0.15) is 10.0 Å². The molecule has 1 N–H and O–H groups in total. The molecule has 198 valence electrons. The van der Waals surface area contributed by atoms with E-state index in [9.17, 15) is 13.2 Å². The van der Waals surface area contributed by atoms with Gasteiger partial charge in [0, 0.05) is 44.2 Å². The van der Waals surface area contributed by atoms with Crippen LogP contribution in [-0.4, -0.2) is 74.4 Å². The highest BCUT2D eigenvalue weighted by molar-refractivity contribution is 7.93. The zero-order valence-electron chi connectivity index (χ0n) is 20.7. The Labute approximate surface area is 224 Å². The molecule has 1 aromatic carbocycles. The van der Waals surface area contributed by atoms with Crippen LogP contribution in [0.15, 0.2) is 22.4 Å². The molecule has 2 aliphatic heterocycles. The number of aryl methyl sites for hydroxylation is 1. The average molecular weight is 565 g/mol. The second kappa shape index (κ2) is 10.7. The van der Waals surface area contributed by atoms with Gasteiger partial charge >= 0.3 is 0 Å². The zero-order chi connectivity index (χ0) is 26.2. The smallest absolute Gasteiger partial charge is 0.224 e. The Balaban J connectivity index is 1.37. The third-order valence-corrected chi connectivity index (χ3v) is 10.4. The van der Waals surface area contributed by atoms with Crippen molar-refractivity contribution in [3.8, 4) is 0 Å². The van der Waals surface area contributed by atoms with Crippen LogP contribution >= 0.6 is 22.9 Å². The number of nitrogens with one attached hydrogen (secondary N) is 1. The third kappa shape index (κ3) is 5.82. The number of carbonyl (C=O) groups is 1. The summed E-state index contributed by atoms with van der Waals surface area (Å²) in [6, 6.07) is 6.12. The zero-order valence-corrected chi connectivity index (χ0v) is 23.1. The summed E-state index contributed by atoms with van der Waals surface area (Å²) in [6.07, 6.45) is 1.64. The Morgan fingerprint density at radius 2 is 1.97 bits per heavy atom. The monoisotopic (exact) mass is 564 g/mol. The van der Waals surface area contributed by atoms with Crippen molar-refractivity contribution < 1.29 is 17.9 Å². The fraction of sp³-hybridized carbons (Fsp3) is 0.500. The summed E-state index contributed by atoms with van der Waals surface area (Å²) in [6.45, 7) is 7.37. The SMILES string of the molecule is CC(=O)Nc1nc(C)c(S(=O)(=O)CC2CCCN(c3nc(Cl)nc4cc(N5CCOCC5)ccc34)C2)s1. The number of piperidine rings is 1. The highest BCUT2D eigenvalue weighted by Gasteiger charge is 2.30. The Hall–Kier alpha value is -2.54. The van der Waals surface area contributed by atoms with Gasteiger partial charge in [-0.2, -0.15) is 4.98 Å². The number of hydrogen-bond acceptors (Lipinski definition) is 10. The number of ether oxygens (including phenoxy) is 1. The van der Waals surface area contributed by atoms with Crippen LogP contribution in [0.25, 0.3) is 10.9 Å². The van der Waals surface area contributed by atoms with Gasteiger partial charge in [-0.3, -0.25) is 4.79 Å². The van der Waals surface area contributed by atoms with Crippen LogP contribution in [-0.2, 0) is 19.4 Å². The van der Waals surface area contributed by atoms with Crippen LogP contribution in [0.4, 0.5) is 16.6 Å². The predicted molar refractivity (Wildman–Crippen MR) is 146 cm³/mol. The lowest BCUT2D eigenvalue weighted by atomic mass is 9.99. The molecule has 1 unspecified atom stereocenters. The maximum Gasteiger partial charge on any atom is 0.224 e. The fourth-order valence-corrected chi connectivity index (χ4v) is 8.39. The lowest BCUT2D eigenvalue weighted by Gasteiger charge is -2.34. The van der Waals surface area contributed by atoms with Crippen LogP contribution in [0, 0.1) is 12.8 Å². The molecular formula is C24H29ClN6O4S2. The molecule has 10 nitrogen and oxygen atoms in total. The second-order valence-corrected chi connectivity index (χ2v) is 13.0. The van der Waals surface area contributed by atoms with E-state index in [0.717, 1.165) is 66.2 Å². The summed E-state index contributed by atoms with van der Waals surface area (Å²) >= 11 is 7.35. The third-order valence-electron chi connectivity index (χ3n) is 6.60. The Bertz CT molecular complexity index is 1420. The van der Waals surface area contributed by atoms with Gasteiger partial charge in [-0.15, -0.1) is 0 Å². The molecular weight excluding hydrogens is 536 g/mol. The van der Waals surface area contributed by atoms with Gasteiger partial charge in [0.2, 0.25) is 11.2 Å². The summed E-state index contributed by atoms with van der Waals surface area (Å²) in [4.78, 5) is 29.0. The van der Waals surface area contributed by atoms with Crippen molar-refractivity contribution in [2.45, 2.75) is 30.9 Å². The van der Waals surface area contributed by atoms with Crippen LogP contribution in [0.1, 0.15) is 25.5 Å². The van der Waals surface area contributed by atoms with Gasteiger partial charge in [0.05, 0.1) is 30.2 Å². The van der Waals surface area contributed by atoms with Gasteiger partial charge in [-0.25, -0.2) is 18.4 Å². The number of carbonyl (C=O) groups excluding carboxylic acids is 1. The average Bonchev–Trinajstić information content (AvgIpc) is 3.23. The first-order chi connectivity index (χ1) is 17.7. The Morgan fingerprint density at radius 3 is 2.73 bits per heavy atom. The number of sulfone groups is 1. The molecule has 2 fully saturated rings. The fourth-order valence-electron chi connectivity index (χ4n) is 4.99. The molecule has 37 heavy (non-hydrogen) atoms. The highest BCUT2D eigenvalue weighted by atomic mass is 35.5. The van der Waals surface area contributed by atoms with E-state index >= 15 is 0 Å². The molecule has 0 aliphatic carbocycles. The van der Waals surface area contributed by atoms with E-state index in [-0.39, 0.29) is 27.1 Å². The standard InChI is InChI=1S/C24H29ClN6O4S2/c1-15-22(36-24(26-15)27-16(2)32)37(33,34)14-17-4-3-7-31(13-17)21-19-6-5-18(30-8-10-35-11-9-30)12-20(19)28-23(25)29-21/h5-6,12,17H,3-4,7-11,13-14H2,1-2H3,(H,26,27,32). The summed E-state index contributed by atoms with van der Waals surface area (Å²) in [7, 11) is -3.58. The molecule has 1 amide bonds. The normalized spacial score (nSPS) is 18.8. The van der Waals surface area contributed by atoms with Crippen molar-refractivity contribution in [1.29, 1.82) is 0 Å². The largest absolute Gasteiger partial charge is 0.378 e. The van der Waals surface area contributed by atoms with E-state index in [1.54, 1.807) is 6.92 Å². The van der Waals surface area contributed by atoms with Crippen molar-refractivity contribution in [3.63, 3.8) is 0 Å². The van der Waals surface area contributed by atoms with Crippen molar-refractivity contribution in [2.75, 3.05) is 60.3 Å². The molecule has 0 bridgehead atoms. The lowest BCUT2D eigenvalue weighted by molar-refractivity contribution is -0.114. The highest BCUT2D eigenvalue weighted by Crippen LogP contribution is 2.34. The van der Waals surface area contributed by atoms with Crippen molar-refractivity contribution in [2.24, 2.45) is 5.92 Å². The summed E-state index contributed by atoms with van der Waals surface area (Å²) in [5.41, 5.74) is 2.24. The molecule has 2 aliphatic rings. The Morgan fingerprint density at radius 1 is 1.19 bits per heavy atom. The number of hydrogen-bond donors (Lipinski definition) is 1. The number of fused-ring (bicyclic) bond motifs is 1. The van der Waals surface area contributed by atoms with Crippen LogP contribution in [0.2, 0.25) is 5.28 Å². The molecule has 0 radical (unpaired) electrons. The topological polar surface area (TPSA) is 118 Å². The van der Waals surface area contributed by atoms with Crippen molar-refractivity contribution in [1.82, 2.24) is 15.0 Å². The van der Waals surface area contributed by atoms with Gasteiger partial charge in [-0.1, -0.05) is 11.3 Å². The second-order valence-electron chi connectivity index (χ2n) is 9.43. The molecule has 0 saturated carbocycles. The molecule has 5 rings (SSSR count). The van der Waals surface area contributed by atoms with Gasteiger partial charge < -0.3 is 19.9 Å². The predicted octanol–water partition coefficient (Wildman–Crippen LogP) is 3.53. The quantitative estimate of drug-likeness (QED) is 0.448. The van der Waals surface area contributed by atoms with E-state index in [4.69, 9.17) is 16.3 Å². The molecule has 13 heteroatoms. The summed E-state index contributed by atoms with van der Waals surface area (Å²) in [5.74, 6) is 0.367. The molecule has 2 saturated heterocycles. The Kier molecular flexibility index (Phi) is 7.53. The molecule has 1 atom stereocenters. The molecule has 0 spiro atoms. The number of thiazole rings is 1. The minimum Gasteiger partial charge on any atom is -0.378 e. The minimum absolute atomic E-state index is 0.00394. The number of anilines is 3. The van der Waals surface area contributed by atoms with E-state index < -0.39 is 9.84 Å². The van der Waals surface area contributed by atoms with Crippen LogP contribution < -0.4 is 15.1 Å². The maximum absolute atomic E-state index is 13.3. The van der Waals surface area contributed by atoms with E-state index in [1.807, 2.05) is 12.1 Å². The summed E-state index contributed by atoms with van der Waals surface area (Å²) < 4.78 is 32.3. The first kappa shape index (κ1) is 26.1. The summed E-state index contributed by atoms with van der Waals surface area (Å²) in [5, 5.41) is 3.94. The van der Waals surface area contributed by atoms with Gasteiger partial charge in [0.25, 0.3) is 0 Å². The van der Waals surface area contributed by atoms with Gasteiger partial charge in [-0.05, 0) is 55.5 Å². The first-order valence-corrected chi connectivity index (χ1v) is 15.1. The van der Waals surface area contributed by atoms with Gasteiger partial charge in [0.15, 0.2) is 15.0 Å². The molecule has 2 aromatic heterocycles. The number of benzene rings is 1. The van der Waals surface area contributed by atoms with Crippen LogP contribution in [0.3, 0.4) is 0 Å². The molecule has 4 heterocycles. The van der Waals surface area contributed by atoms with E-state index in [1.165, 1.54) is 6.92 Å². The van der Waals surface area contributed by atoms with E-state index in [0.29, 0.717) is 30.6 Å². The first-order valence-electron chi connectivity index (χ1n) is 12.2. The number of nitrogens with zero attached hydrogens (tertiary/aromatic N) is 5. The number of halogens is 1. The number of aromatic nitrogens is 3. The number of morpholine rings is 1. The molecule has 3 aromatic rings. The van der Waals surface area contributed by atoms with Crippen LogP contribution in [0.5, 0.6) is 0 Å². The number of amides is 1. The van der Waals surface area contributed by atoms with Crippen molar-refractivity contribution >= 4 is 66.2 Å². The van der Waals surface area contributed by atoms with Crippen molar-refractivity contribution in [3.05, 3.63) is 29.2 Å².